The largest absolute Gasteiger partial charge is 0.462 e. The van der Waals surface area contributed by atoms with Gasteiger partial charge in [0.05, 0.1) is 29.7 Å². The molecule has 0 spiro atoms. The summed E-state index contributed by atoms with van der Waals surface area (Å²) in [5.41, 5.74) is 1.40. The van der Waals surface area contributed by atoms with Gasteiger partial charge in [-0.25, -0.2) is 4.79 Å². The fraction of sp³-hybridized carbons (Fsp3) is 0.250. The highest BCUT2D eigenvalue weighted by atomic mass is 16.5. The minimum absolute atomic E-state index is 0.171. The quantitative estimate of drug-likeness (QED) is 0.783. The van der Waals surface area contributed by atoms with Crippen LogP contribution in [0.2, 0.25) is 0 Å². The number of amides is 2. The average Bonchev–Trinajstić information content (AvgIpc) is 3.44. The van der Waals surface area contributed by atoms with Gasteiger partial charge in [0.1, 0.15) is 0 Å². The van der Waals surface area contributed by atoms with E-state index in [-0.39, 0.29) is 24.3 Å². The third-order valence-electron chi connectivity index (χ3n) is 4.19. The number of esters is 1. The van der Waals surface area contributed by atoms with Crippen LogP contribution < -0.4 is 10.6 Å². The monoisotopic (exact) mass is 352 g/mol. The summed E-state index contributed by atoms with van der Waals surface area (Å²) >= 11 is 0. The number of benzene rings is 2. The van der Waals surface area contributed by atoms with Crippen LogP contribution in [0.4, 0.5) is 11.4 Å². The fourth-order valence-corrected chi connectivity index (χ4v) is 2.74. The van der Waals surface area contributed by atoms with Gasteiger partial charge in [0, 0.05) is 5.69 Å². The van der Waals surface area contributed by atoms with Gasteiger partial charge in [-0.05, 0) is 37.6 Å². The molecule has 3 rings (SSSR count). The lowest BCUT2D eigenvalue weighted by Gasteiger charge is -2.10. The lowest BCUT2D eigenvalue weighted by Crippen LogP contribution is -2.21. The van der Waals surface area contributed by atoms with Crippen molar-refractivity contribution in [2.24, 2.45) is 11.8 Å². The Kier molecular flexibility index (Phi) is 5.31. The van der Waals surface area contributed by atoms with Crippen molar-refractivity contribution in [2.45, 2.75) is 13.3 Å². The smallest absolute Gasteiger partial charge is 0.340 e. The molecule has 26 heavy (non-hydrogen) atoms. The van der Waals surface area contributed by atoms with Crippen LogP contribution in [0.1, 0.15) is 23.7 Å². The molecule has 0 saturated heterocycles. The maximum atomic E-state index is 12.4. The fourth-order valence-electron chi connectivity index (χ4n) is 2.74. The van der Waals surface area contributed by atoms with Gasteiger partial charge in [0.15, 0.2) is 0 Å². The highest BCUT2D eigenvalue weighted by Crippen LogP contribution is 2.40. The van der Waals surface area contributed by atoms with Crippen LogP contribution in [0, 0.1) is 11.8 Å². The number of carbonyl (C=O) groups excluding carboxylic acids is 3. The van der Waals surface area contributed by atoms with E-state index in [1.807, 2.05) is 18.2 Å². The molecule has 2 atom stereocenters. The topological polar surface area (TPSA) is 84.5 Å². The summed E-state index contributed by atoms with van der Waals surface area (Å²) in [6.45, 7) is 1.98. The van der Waals surface area contributed by atoms with E-state index in [9.17, 15) is 14.4 Å². The Hall–Kier alpha value is -3.15. The number of carbonyl (C=O) groups is 3. The number of rotatable bonds is 6. The van der Waals surface area contributed by atoms with Crippen molar-refractivity contribution in [1.82, 2.24) is 0 Å². The Balaban J connectivity index is 1.60. The number of anilines is 2. The zero-order valence-corrected chi connectivity index (χ0v) is 14.4. The highest BCUT2D eigenvalue weighted by Gasteiger charge is 2.48. The van der Waals surface area contributed by atoms with Crippen molar-refractivity contribution in [3.05, 3.63) is 60.2 Å². The molecule has 0 heterocycles. The van der Waals surface area contributed by atoms with E-state index in [1.54, 1.807) is 43.3 Å². The number of hydrogen-bond acceptors (Lipinski definition) is 4. The van der Waals surface area contributed by atoms with Crippen molar-refractivity contribution >= 4 is 29.2 Å². The zero-order chi connectivity index (χ0) is 18.5. The molecule has 2 N–H and O–H groups in total. The average molecular weight is 352 g/mol. The van der Waals surface area contributed by atoms with Crippen LogP contribution in [-0.2, 0) is 14.3 Å². The molecule has 1 fully saturated rings. The number of para-hydroxylation sites is 2. The van der Waals surface area contributed by atoms with Crippen LogP contribution in [0.5, 0.6) is 0 Å². The van der Waals surface area contributed by atoms with Crippen LogP contribution in [0.3, 0.4) is 0 Å². The minimum Gasteiger partial charge on any atom is -0.462 e. The van der Waals surface area contributed by atoms with E-state index < -0.39 is 11.9 Å². The van der Waals surface area contributed by atoms with Crippen molar-refractivity contribution in [3.63, 3.8) is 0 Å². The first-order valence-corrected chi connectivity index (χ1v) is 8.53. The standard InChI is InChI=1S/C20H20N2O4/c1-2-26-20(25)14-10-6-7-11-17(14)22-19(24)16-12-15(16)18(23)21-13-8-4-3-5-9-13/h3-11,15-16H,2,12H2,1H3,(H,21,23)(H,22,24). The number of nitrogens with one attached hydrogen (secondary N) is 2. The molecule has 2 unspecified atom stereocenters. The van der Waals surface area contributed by atoms with Crippen molar-refractivity contribution in [1.29, 1.82) is 0 Å². The van der Waals surface area contributed by atoms with E-state index in [2.05, 4.69) is 10.6 Å². The summed E-state index contributed by atoms with van der Waals surface area (Å²) < 4.78 is 5.00. The van der Waals surface area contributed by atoms with E-state index in [0.717, 1.165) is 0 Å². The SMILES string of the molecule is CCOC(=O)c1ccccc1NC(=O)C1CC1C(=O)Nc1ccccc1. The van der Waals surface area contributed by atoms with Crippen molar-refractivity contribution in [3.8, 4) is 0 Å². The molecule has 0 aromatic heterocycles. The number of hydrogen-bond donors (Lipinski definition) is 2. The van der Waals surface area contributed by atoms with Crippen LogP contribution >= 0.6 is 0 Å². The van der Waals surface area contributed by atoms with Crippen LogP contribution in [0.15, 0.2) is 54.6 Å². The summed E-state index contributed by atoms with van der Waals surface area (Å²) in [5, 5.41) is 5.55. The van der Waals surface area contributed by atoms with Gasteiger partial charge in [-0.1, -0.05) is 30.3 Å². The van der Waals surface area contributed by atoms with Gasteiger partial charge in [-0.3, -0.25) is 9.59 Å². The maximum absolute atomic E-state index is 12.4. The molecular formula is C20H20N2O4. The Morgan fingerprint density at radius 1 is 0.923 bits per heavy atom. The molecular weight excluding hydrogens is 332 g/mol. The predicted octanol–water partition coefficient (Wildman–Crippen LogP) is 3.08. The lowest BCUT2D eigenvalue weighted by atomic mass is 10.1. The van der Waals surface area contributed by atoms with E-state index in [0.29, 0.717) is 23.4 Å². The molecule has 0 radical (unpaired) electrons. The van der Waals surface area contributed by atoms with E-state index in [1.165, 1.54) is 0 Å². The van der Waals surface area contributed by atoms with Gasteiger partial charge in [0.2, 0.25) is 11.8 Å². The van der Waals surface area contributed by atoms with Crippen molar-refractivity contribution < 1.29 is 19.1 Å². The third kappa shape index (κ3) is 4.08. The summed E-state index contributed by atoms with van der Waals surface area (Å²) in [7, 11) is 0. The van der Waals surface area contributed by atoms with Crippen LogP contribution in [-0.4, -0.2) is 24.4 Å². The Morgan fingerprint density at radius 2 is 1.54 bits per heavy atom. The van der Waals surface area contributed by atoms with Gasteiger partial charge < -0.3 is 15.4 Å². The second kappa shape index (κ2) is 7.82. The molecule has 1 aliphatic carbocycles. The van der Waals surface area contributed by atoms with Gasteiger partial charge in [-0.2, -0.15) is 0 Å². The first kappa shape index (κ1) is 17.7. The molecule has 1 saturated carbocycles. The molecule has 2 amide bonds. The number of ether oxygens (including phenoxy) is 1. The predicted molar refractivity (Wildman–Crippen MR) is 97.7 cm³/mol. The molecule has 6 heteroatoms. The van der Waals surface area contributed by atoms with Gasteiger partial charge >= 0.3 is 5.97 Å². The normalized spacial score (nSPS) is 17.9. The molecule has 6 nitrogen and oxygen atoms in total. The third-order valence-corrected chi connectivity index (χ3v) is 4.19. The second-order valence-corrected chi connectivity index (χ2v) is 6.06. The second-order valence-electron chi connectivity index (χ2n) is 6.06. The van der Waals surface area contributed by atoms with E-state index in [4.69, 9.17) is 4.74 Å². The van der Waals surface area contributed by atoms with E-state index >= 15 is 0 Å². The first-order valence-electron chi connectivity index (χ1n) is 8.53. The maximum Gasteiger partial charge on any atom is 0.340 e. The Labute approximate surface area is 151 Å². The summed E-state index contributed by atoms with van der Waals surface area (Å²) in [6, 6.07) is 15.8. The molecule has 134 valence electrons. The summed E-state index contributed by atoms with van der Waals surface area (Å²) in [6.07, 6.45) is 0.492. The van der Waals surface area contributed by atoms with Crippen LogP contribution in [0.25, 0.3) is 0 Å². The van der Waals surface area contributed by atoms with Gasteiger partial charge in [-0.15, -0.1) is 0 Å². The Bertz CT molecular complexity index is 820. The van der Waals surface area contributed by atoms with Crippen molar-refractivity contribution in [2.75, 3.05) is 17.2 Å². The minimum atomic E-state index is -0.488. The highest BCUT2D eigenvalue weighted by molar-refractivity contribution is 6.06. The Morgan fingerprint density at radius 3 is 2.23 bits per heavy atom. The molecule has 1 aliphatic rings. The molecule has 2 aromatic rings. The summed E-state index contributed by atoms with van der Waals surface area (Å²) in [5.74, 6) is -1.68. The molecule has 2 aromatic carbocycles. The molecule has 0 aliphatic heterocycles. The first-order chi connectivity index (χ1) is 12.6. The summed E-state index contributed by atoms with van der Waals surface area (Å²) in [4.78, 5) is 36.6. The van der Waals surface area contributed by atoms with Gasteiger partial charge in [0.25, 0.3) is 0 Å². The zero-order valence-electron chi connectivity index (χ0n) is 14.4. The lowest BCUT2D eigenvalue weighted by molar-refractivity contribution is -0.122. The molecule has 0 bridgehead atoms.